The summed E-state index contributed by atoms with van der Waals surface area (Å²) in [6.45, 7) is 5.29. The van der Waals surface area contributed by atoms with Gasteiger partial charge in [-0.05, 0) is 19.4 Å². The SMILES string of the molecule is CCCN(CC)c1ccc([N+](=O)[O-])cc1C(=O)O. The van der Waals surface area contributed by atoms with E-state index in [2.05, 4.69) is 0 Å². The van der Waals surface area contributed by atoms with Gasteiger partial charge in [-0.25, -0.2) is 4.79 Å². The Kier molecular flexibility index (Phi) is 4.65. The lowest BCUT2D eigenvalue weighted by molar-refractivity contribution is -0.384. The molecule has 0 aromatic heterocycles. The van der Waals surface area contributed by atoms with Gasteiger partial charge in [0.1, 0.15) is 0 Å². The molecule has 1 aromatic rings. The van der Waals surface area contributed by atoms with Crippen molar-refractivity contribution in [3.8, 4) is 0 Å². The highest BCUT2D eigenvalue weighted by Gasteiger charge is 2.18. The van der Waals surface area contributed by atoms with E-state index >= 15 is 0 Å². The molecule has 0 atom stereocenters. The average molecular weight is 252 g/mol. The number of aromatic carboxylic acids is 1. The van der Waals surface area contributed by atoms with Gasteiger partial charge in [0.15, 0.2) is 0 Å². The van der Waals surface area contributed by atoms with Gasteiger partial charge < -0.3 is 10.0 Å². The van der Waals surface area contributed by atoms with Crippen molar-refractivity contribution in [2.75, 3.05) is 18.0 Å². The first-order chi connectivity index (χ1) is 8.51. The number of non-ortho nitro benzene ring substituents is 1. The Morgan fingerprint density at radius 3 is 2.56 bits per heavy atom. The first-order valence-electron chi connectivity index (χ1n) is 5.77. The Bertz CT molecular complexity index is 459. The Morgan fingerprint density at radius 1 is 1.44 bits per heavy atom. The van der Waals surface area contributed by atoms with Crippen molar-refractivity contribution in [3.05, 3.63) is 33.9 Å². The lowest BCUT2D eigenvalue weighted by atomic mass is 10.1. The lowest BCUT2D eigenvalue weighted by Crippen LogP contribution is -2.25. The number of nitro benzene ring substituents is 1. The molecule has 0 spiro atoms. The minimum Gasteiger partial charge on any atom is -0.478 e. The van der Waals surface area contributed by atoms with Gasteiger partial charge in [-0.15, -0.1) is 0 Å². The molecular weight excluding hydrogens is 236 g/mol. The zero-order valence-corrected chi connectivity index (χ0v) is 10.4. The van der Waals surface area contributed by atoms with Crippen LogP contribution in [0.5, 0.6) is 0 Å². The third kappa shape index (κ3) is 2.97. The van der Waals surface area contributed by atoms with Gasteiger partial charge in [0.25, 0.3) is 5.69 Å². The van der Waals surface area contributed by atoms with Crippen molar-refractivity contribution in [2.24, 2.45) is 0 Å². The summed E-state index contributed by atoms with van der Waals surface area (Å²) in [7, 11) is 0. The van der Waals surface area contributed by atoms with Crippen LogP contribution < -0.4 is 4.90 Å². The monoisotopic (exact) mass is 252 g/mol. The molecule has 0 bridgehead atoms. The second-order valence-electron chi connectivity index (χ2n) is 3.84. The molecule has 98 valence electrons. The van der Waals surface area contributed by atoms with Crippen molar-refractivity contribution >= 4 is 17.3 Å². The lowest BCUT2D eigenvalue weighted by Gasteiger charge is -2.23. The Morgan fingerprint density at radius 2 is 2.11 bits per heavy atom. The van der Waals surface area contributed by atoms with Gasteiger partial charge in [-0.1, -0.05) is 6.92 Å². The number of hydrogen-bond donors (Lipinski definition) is 1. The fraction of sp³-hybridized carbons (Fsp3) is 0.417. The smallest absolute Gasteiger partial charge is 0.338 e. The van der Waals surface area contributed by atoms with Crippen LogP contribution in [0.15, 0.2) is 18.2 Å². The van der Waals surface area contributed by atoms with Crippen molar-refractivity contribution in [2.45, 2.75) is 20.3 Å². The van der Waals surface area contributed by atoms with Crippen LogP contribution in [0.2, 0.25) is 0 Å². The van der Waals surface area contributed by atoms with E-state index in [0.717, 1.165) is 12.5 Å². The molecule has 1 aromatic carbocycles. The summed E-state index contributed by atoms with van der Waals surface area (Å²) in [5, 5.41) is 19.8. The van der Waals surface area contributed by atoms with E-state index < -0.39 is 10.9 Å². The molecule has 0 amide bonds. The Labute approximate surface area is 105 Å². The number of carboxylic acids is 1. The number of nitro groups is 1. The number of benzene rings is 1. The minimum absolute atomic E-state index is 0.0282. The summed E-state index contributed by atoms with van der Waals surface area (Å²) in [6, 6.07) is 3.94. The van der Waals surface area contributed by atoms with E-state index in [1.54, 1.807) is 0 Å². The fourth-order valence-electron chi connectivity index (χ4n) is 1.80. The van der Waals surface area contributed by atoms with Crippen LogP contribution >= 0.6 is 0 Å². The normalized spacial score (nSPS) is 10.1. The standard InChI is InChI=1S/C12H16N2O4/c1-3-7-13(4-2)11-6-5-9(14(17)18)8-10(11)12(15)16/h5-6,8H,3-4,7H2,1-2H3,(H,15,16). The molecule has 6 heteroatoms. The maximum absolute atomic E-state index is 11.2. The van der Waals surface area contributed by atoms with Crippen molar-refractivity contribution in [1.29, 1.82) is 0 Å². The molecule has 18 heavy (non-hydrogen) atoms. The van der Waals surface area contributed by atoms with Crippen molar-refractivity contribution in [3.63, 3.8) is 0 Å². The highest BCUT2D eigenvalue weighted by Crippen LogP contribution is 2.25. The van der Waals surface area contributed by atoms with Crippen LogP contribution in [0.3, 0.4) is 0 Å². The van der Waals surface area contributed by atoms with Gasteiger partial charge >= 0.3 is 5.97 Å². The van der Waals surface area contributed by atoms with Crippen LogP contribution in [-0.4, -0.2) is 29.1 Å². The largest absolute Gasteiger partial charge is 0.478 e. The number of hydrogen-bond acceptors (Lipinski definition) is 4. The van der Waals surface area contributed by atoms with Crippen molar-refractivity contribution in [1.82, 2.24) is 0 Å². The number of anilines is 1. The summed E-state index contributed by atoms with van der Waals surface area (Å²) in [5.41, 5.74) is 0.292. The quantitative estimate of drug-likeness (QED) is 0.621. The Balaban J connectivity index is 3.26. The second kappa shape index (κ2) is 6.00. The van der Waals surface area contributed by atoms with E-state index in [1.807, 2.05) is 18.7 Å². The summed E-state index contributed by atoms with van der Waals surface area (Å²) < 4.78 is 0. The van der Waals surface area contributed by atoms with Crippen LogP contribution in [0, 0.1) is 10.1 Å². The molecule has 0 aliphatic rings. The number of nitrogens with zero attached hydrogens (tertiary/aromatic N) is 2. The van der Waals surface area contributed by atoms with Crippen LogP contribution in [0.1, 0.15) is 30.6 Å². The number of carbonyl (C=O) groups is 1. The average Bonchev–Trinajstić information content (AvgIpc) is 2.35. The van der Waals surface area contributed by atoms with Crippen LogP contribution in [-0.2, 0) is 0 Å². The molecule has 0 heterocycles. The van der Waals surface area contributed by atoms with E-state index in [-0.39, 0.29) is 11.3 Å². The van der Waals surface area contributed by atoms with Crippen LogP contribution in [0.4, 0.5) is 11.4 Å². The number of rotatable bonds is 6. The minimum atomic E-state index is -1.15. The summed E-state index contributed by atoms with van der Waals surface area (Å²) in [4.78, 5) is 23.1. The van der Waals surface area contributed by atoms with E-state index in [9.17, 15) is 14.9 Å². The van der Waals surface area contributed by atoms with E-state index in [0.29, 0.717) is 18.8 Å². The highest BCUT2D eigenvalue weighted by molar-refractivity contribution is 5.95. The second-order valence-corrected chi connectivity index (χ2v) is 3.84. The summed E-state index contributed by atoms with van der Waals surface area (Å²) >= 11 is 0. The maximum atomic E-state index is 11.2. The fourth-order valence-corrected chi connectivity index (χ4v) is 1.80. The van der Waals surface area contributed by atoms with Gasteiger partial charge in [-0.2, -0.15) is 0 Å². The summed E-state index contributed by atoms with van der Waals surface area (Å²) in [5.74, 6) is -1.15. The van der Waals surface area contributed by atoms with Crippen molar-refractivity contribution < 1.29 is 14.8 Å². The molecule has 0 aliphatic carbocycles. The third-order valence-corrected chi connectivity index (χ3v) is 2.64. The van der Waals surface area contributed by atoms with Gasteiger partial charge in [0, 0.05) is 25.2 Å². The Hall–Kier alpha value is -2.11. The zero-order valence-electron chi connectivity index (χ0n) is 10.4. The van der Waals surface area contributed by atoms with Gasteiger partial charge in [0.05, 0.1) is 16.2 Å². The first kappa shape index (κ1) is 14.0. The molecule has 0 aliphatic heterocycles. The predicted octanol–water partition coefficient (Wildman–Crippen LogP) is 2.53. The molecule has 0 unspecified atom stereocenters. The third-order valence-electron chi connectivity index (χ3n) is 2.64. The first-order valence-corrected chi connectivity index (χ1v) is 5.77. The molecule has 0 radical (unpaired) electrons. The summed E-state index contributed by atoms with van der Waals surface area (Å²) in [6.07, 6.45) is 0.879. The van der Waals surface area contributed by atoms with Gasteiger partial charge in [-0.3, -0.25) is 10.1 Å². The molecular formula is C12H16N2O4. The number of carboxylic acid groups (broad SMARTS) is 1. The zero-order chi connectivity index (χ0) is 13.7. The molecule has 0 saturated heterocycles. The van der Waals surface area contributed by atoms with Crippen LogP contribution in [0.25, 0.3) is 0 Å². The maximum Gasteiger partial charge on any atom is 0.338 e. The predicted molar refractivity (Wildman–Crippen MR) is 68.2 cm³/mol. The molecule has 1 rings (SSSR count). The molecule has 0 fully saturated rings. The topological polar surface area (TPSA) is 83.7 Å². The van der Waals surface area contributed by atoms with E-state index in [4.69, 9.17) is 5.11 Å². The van der Waals surface area contributed by atoms with Gasteiger partial charge in [0.2, 0.25) is 0 Å². The molecule has 6 nitrogen and oxygen atoms in total. The van der Waals surface area contributed by atoms with E-state index in [1.165, 1.54) is 12.1 Å². The highest BCUT2D eigenvalue weighted by atomic mass is 16.6. The molecule has 0 saturated carbocycles. The molecule has 1 N–H and O–H groups in total.